The fourth-order valence-electron chi connectivity index (χ4n) is 3.50. The van der Waals surface area contributed by atoms with Crippen LogP contribution in [0.5, 0.6) is 0 Å². The maximum Gasteiger partial charge on any atom is 0.0415 e. The van der Waals surface area contributed by atoms with Crippen molar-refractivity contribution in [1.82, 2.24) is 0 Å². The zero-order valence-electron chi connectivity index (χ0n) is 12.5. The molecule has 0 N–H and O–H groups in total. The molecule has 1 unspecified atom stereocenters. The second-order valence-electron chi connectivity index (χ2n) is 7.07. The predicted octanol–water partition coefficient (Wildman–Crippen LogP) is 5.14. The first-order valence-corrected chi connectivity index (χ1v) is 7.32. The first-order valence-electron chi connectivity index (χ1n) is 6.88. The monoisotopic (exact) mass is 264 g/mol. The van der Waals surface area contributed by atoms with E-state index in [0.29, 0.717) is 16.7 Å². The zero-order valence-corrected chi connectivity index (χ0v) is 13.2. The molecule has 1 fully saturated rings. The molecule has 0 radical (unpaired) electrons. The van der Waals surface area contributed by atoms with Gasteiger partial charge in [0, 0.05) is 5.38 Å². The van der Waals surface area contributed by atoms with Gasteiger partial charge in [-0.05, 0) is 48.1 Å². The zero-order chi connectivity index (χ0) is 13.7. The standard InChI is InChI=1S/C17H25Cl/c1-11-7-8-12(2)13(9-11)10-14(18)15-16(3,4)17(15,5)6/h7-9,14-15H,10H2,1-6H3. The van der Waals surface area contributed by atoms with Gasteiger partial charge in [-0.1, -0.05) is 51.5 Å². The minimum Gasteiger partial charge on any atom is -0.122 e. The highest BCUT2D eigenvalue weighted by atomic mass is 35.5. The average Bonchev–Trinajstić information content (AvgIpc) is 2.63. The molecule has 0 aromatic heterocycles. The first-order chi connectivity index (χ1) is 8.18. The third-order valence-electron chi connectivity index (χ3n) is 5.41. The Hall–Kier alpha value is -0.490. The summed E-state index contributed by atoms with van der Waals surface area (Å²) in [7, 11) is 0. The molecular weight excluding hydrogens is 240 g/mol. The molecule has 1 aliphatic rings. The molecule has 1 aliphatic carbocycles. The highest BCUT2D eigenvalue weighted by Gasteiger charge is 2.66. The lowest BCUT2D eigenvalue weighted by molar-refractivity contribution is 0.457. The van der Waals surface area contributed by atoms with Gasteiger partial charge in [-0.2, -0.15) is 0 Å². The Kier molecular flexibility index (Phi) is 3.30. The highest BCUT2D eigenvalue weighted by Crippen LogP contribution is 2.70. The van der Waals surface area contributed by atoms with Gasteiger partial charge in [0.1, 0.15) is 0 Å². The molecular formula is C17H25Cl. The topological polar surface area (TPSA) is 0 Å². The third kappa shape index (κ3) is 2.09. The summed E-state index contributed by atoms with van der Waals surface area (Å²) in [5.41, 5.74) is 4.85. The van der Waals surface area contributed by atoms with E-state index in [2.05, 4.69) is 59.7 Å². The Morgan fingerprint density at radius 3 is 2.17 bits per heavy atom. The first kappa shape index (κ1) is 13.9. The van der Waals surface area contributed by atoms with Crippen molar-refractivity contribution in [3.05, 3.63) is 34.9 Å². The minimum atomic E-state index is 0.246. The highest BCUT2D eigenvalue weighted by molar-refractivity contribution is 6.21. The second kappa shape index (κ2) is 4.27. The number of benzene rings is 1. The van der Waals surface area contributed by atoms with Gasteiger partial charge in [0.25, 0.3) is 0 Å². The van der Waals surface area contributed by atoms with E-state index in [4.69, 9.17) is 11.6 Å². The predicted molar refractivity (Wildman–Crippen MR) is 80.3 cm³/mol. The molecule has 100 valence electrons. The van der Waals surface area contributed by atoms with E-state index in [1.54, 1.807) is 0 Å². The van der Waals surface area contributed by atoms with Crippen LogP contribution in [0, 0.1) is 30.6 Å². The number of rotatable bonds is 3. The van der Waals surface area contributed by atoms with E-state index in [0.717, 1.165) is 6.42 Å². The molecule has 0 heterocycles. The SMILES string of the molecule is Cc1ccc(C)c(CC(Cl)C2C(C)(C)C2(C)C)c1. The normalized spacial score (nSPS) is 22.8. The largest absolute Gasteiger partial charge is 0.122 e. The lowest BCUT2D eigenvalue weighted by Gasteiger charge is -2.14. The van der Waals surface area contributed by atoms with E-state index < -0.39 is 0 Å². The van der Waals surface area contributed by atoms with Crippen LogP contribution in [-0.4, -0.2) is 5.38 Å². The Bertz CT molecular complexity index is 443. The molecule has 18 heavy (non-hydrogen) atoms. The van der Waals surface area contributed by atoms with Gasteiger partial charge >= 0.3 is 0 Å². The number of alkyl halides is 1. The fraction of sp³-hybridized carbons (Fsp3) is 0.647. The quantitative estimate of drug-likeness (QED) is 0.664. The van der Waals surface area contributed by atoms with Gasteiger partial charge < -0.3 is 0 Å². The molecule has 1 atom stereocenters. The van der Waals surface area contributed by atoms with Crippen molar-refractivity contribution < 1.29 is 0 Å². The maximum atomic E-state index is 6.71. The van der Waals surface area contributed by atoms with Crippen LogP contribution in [0.25, 0.3) is 0 Å². The van der Waals surface area contributed by atoms with Gasteiger partial charge in [-0.15, -0.1) is 11.6 Å². The lowest BCUT2D eigenvalue weighted by Crippen LogP contribution is -2.12. The summed E-state index contributed by atoms with van der Waals surface area (Å²) in [6.07, 6.45) is 0.993. The van der Waals surface area contributed by atoms with E-state index >= 15 is 0 Å². The maximum absolute atomic E-state index is 6.71. The molecule has 1 aromatic carbocycles. The summed E-state index contributed by atoms with van der Waals surface area (Å²) < 4.78 is 0. The average molecular weight is 265 g/mol. The number of hydrogen-bond acceptors (Lipinski definition) is 0. The molecule has 0 bridgehead atoms. The Morgan fingerprint density at radius 1 is 1.11 bits per heavy atom. The van der Waals surface area contributed by atoms with E-state index in [9.17, 15) is 0 Å². The van der Waals surface area contributed by atoms with Crippen LogP contribution in [0.3, 0.4) is 0 Å². The van der Waals surface area contributed by atoms with Gasteiger partial charge in [0.05, 0.1) is 0 Å². The van der Waals surface area contributed by atoms with Crippen LogP contribution < -0.4 is 0 Å². The Labute approximate surface area is 117 Å². The van der Waals surface area contributed by atoms with Crippen LogP contribution in [0.1, 0.15) is 44.4 Å². The summed E-state index contributed by atoms with van der Waals surface area (Å²) in [6, 6.07) is 6.66. The van der Waals surface area contributed by atoms with E-state index in [1.165, 1.54) is 16.7 Å². The lowest BCUT2D eigenvalue weighted by atomic mass is 9.97. The minimum absolute atomic E-state index is 0.246. The molecule has 0 aliphatic heterocycles. The van der Waals surface area contributed by atoms with Crippen LogP contribution in [0.2, 0.25) is 0 Å². The van der Waals surface area contributed by atoms with Crippen LogP contribution >= 0.6 is 11.6 Å². The van der Waals surface area contributed by atoms with Gasteiger partial charge in [-0.3, -0.25) is 0 Å². The summed E-state index contributed by atoms with van der Waals surface area (Å²) in [5.74, 6) is 0.617. The van der Waals surface area contributed by atoms with Gasteiger partial charge in [0.15, 0.2) is 0 Å². The second-order valence-corrected chi connectivity index (χ2v) is 7.63. The number of halogens is 1. The van der Waals surface area contributed by atoms with Crippen molar-refractivity contribution >= 4 is 11.6 Å². The third-order valence-corrected chi connectivity index (χ3v) is 5.82. The molecule has 0 spiro atoms. The van der Waals surface area contributed by atoms with Crippen LogP contribution in [0.4, 0.5) is 0 Å². The van der Waals surface area contributed by atoms with Crippen LogP contribution in [-0.2, 0) is 6.42 Å². The van der Waals surface area contributed by atoms with Crippen molar-refractivity contribution in [2.45, 2.75) is 53.3 Å². The van der Waals surface area contributed by atoms with Crippen molar-refractivity contribution in [1.29, 1.82) is 0 Å². The van der Waals surface area contributed by atoms with Crippen molar-refractivity contribution in [3.63, 3.8) is 0 Å². The van der Waals surface area contributed by atoms with Crippen LogP contribution in [0.15, 0.2) is 18.2 Å². The number of hydrogen-bond donors (Lipinski definition) is 0. The summed E-state index contributed by atoms with van der Waals surface area (Å²) >= 11 is 6.71. The van der Waals surface area contributed by atoms with Crippen molar-refractivity contribution in [3.8, 4) is 0 Å². The molecule has 0 nitrogen and oxygen atoms in total. The van der Waals surface area contributed by atoms with Gasteiger partial charge in [0.2, 0.25) is 0 Å². The molecule has 1 heteroatoms. The number of aryl methyl sites for hydroxylation is 2. The molecule has 1 aromatic rings. The molecule has 1 saturated carbocycles. The van der Waals surface area contributed by atoms with E-state index in [1.807, 2.05) is 0 Å². The fourth-order valence-corrected chi connectivity index (χ4v) is 4.30. The van der Waals surface area contributed by atoms with Gasteiger partial charge in [-0.25, -0.2) is 0 Å². The summed E-state index contributed by atoms with van der Waals surface area (Å²) in [6.45, 7) is 13.7. The van der Waals surface area contributed by atoms with E-state index in [-0.39, 0.29) is 5.38 Å². The molecule has 2 rings (SSSR count). The summed E-state index contributed by atoms with van der Waals surface area (Å²) in [4.78, 5) is 0. The summed E-state index contributed by atoms with van der Waals surface area (Å²) in [5, 5.41) is 0.246. The smallest absolute Gasteiger partial charge is 0.0415 e. The Balaban J connectivity index is 2.14. The molecule has 0 amide bonds. The van der Waals surface area contributed by atoms with Crippen molar-refractivity contribution in [2.75, 3.05) is 0 Å². The Morgan fingerprint density at radius 2 is 1.67 bits per heavy atom. The van der Waals surface area contributed by atoms with Crippen molar-refractivity contribution in [2.24, 2.45) is 16.7 Å². The molecule has 0 saturated heterocycles.